The van der Waals surface area contributed by atoms with E-state index in [0.29, 0.717) is 22.8 Å². The Balaban J connectivity index is 1.55. The van der Waals surface area contributed by atoms with Crippen LogP contribution in [0.5, 0.6) is 0 Å². The normalized spacial score (nSPS) is 18.3. The molecule has 9 heteroatoms. The molecule has 35 heavy (non-hydrogen) atoms. The number of fused-ring (bicyclic) bond motifs is 2. The summed E-state index contributed by atoms with van der Waals surface area (Å²) in [5.41, 5.74) is 3.76. The van der Waals surface area contributed by atoms with Crippen molar-refractivity contribution < 1.29 is 19.0 Å². The first-order valence-corrected chi connectivity index (χ1v) is 13.1. The van der Waals surface area contributed by atoms with Crippen molar-refractivity contribution in [2.24, 2.45) is 0 Å². The molecule has 1 fully saturated rings. The van der Waals surface area contributed by atoms with E-state index in [2.05, 4.69) is 9.88 Å². The molecule has 1 atom stereocenters. The van der Waals surface area contributed by atoms with Crippen molar-refractivity contribution in [3.63, 3.8) is 0 Å². The van der Waals surface area contributed by atoms with Crippen molar-refractivity contribution in [3.8, 4) is 11.1 Å². The number of aromatic nitrogens is 1. The van der Waals surface area contributed by atoms with Crippen LogP contribution in [-0.2, 0) is 17.8 Å². The SMILES string of the molecule is CC(C)(C)OC(=O)N1CCC(N2CCCc3cc(Cl)cc(-c4ccnc5c(F)c(CO)sc45)c32)C1. The average molecular weight is 518 g/mol. The van der Waals surface area contributed by atoms with Crippen LogP contribution in [0.25, 0.3) is 21.3 Å². The second-order valence-corrected chi connectivity index (χ2v) is 11.7. The predicted molar refractivity (Wildman–Crippen MR) is 138 cm³/mol. The van der Waals surface area contributed by atoms with Crippen LogP contribution in [-0.4, -0.2) is 52.4 Å². The van der Waals surface area contributed by atoms with E-state index in [0.717, 1.165) is 48.2 Å². The summed E-state index contributed by atoms with van der Waals surface area (Å²) < 4.78 is 21.1. The fourth-order valence-electron chi connectivity index (χ4n) is 5.12. The number of nitrogens with zero attached hydrogens (tertiary/aromatic N) is 3. The van der Waals surface area contributed by atoms with E-state index in [4.69, 9.17) is 16.3 Å². The molecule has 6 nitrogen and oxygen atoms in total. The van der Waals surface area contributed by atoms with E-state index < -0.39 is 11.4 Å². The predicted octanol–water partition coefficient (Wildman–Crippen LogP) is 6.01. The Hall–Kier alpha value is -2.42. The first-order valence-electron chi connectivity index (χ1n) is 11.9. The summed E-state index contributed by atoms with van der Waals surface area (Å²) in [6.45, 7) is 7.35. The maximum atomic E-state index is 14.8. The van der Waals surface area contributed by atoms with E-state index in [1.807, 2.05) is 39.0 Å². The lowest BCUT2D eigenvalue weighted by Crippen LogP contribution is -2.43. The number of benzene rings is 1. The summed E-state index contributed by atoms with van der Waals surface area (Å²) in [5.74, 6) is -0.467. The van der Waals surface area contributed by atoms with Crippen LogP contribution in [0, 0.1) is 5.82 Å². The first kappa shape index (κ1) is 24.3. The third-order valence-corrected chi connectivity index (χ3v) is 7.95. The summed E-state index contributed by atoms with van der Waals surface area (Å²) in [4.78, 5) is 21.4. The molecule has 5 rings (SSSR count). The second kappa shape index (κ2) is 9.22. The molecule has 1 saturated heterocycles. The zero-order chi connectivity index (χ0) is 24.9. The highest BCUT2D eigenvalue weighted by Gasteiger charge is 2.36. The van der Waals surface area contributed by atoms with Gasteiger partial charge in [0.05, 0.1) is 16.2 Å². The van der Waals surface area contributed by atoms with Gasteiger partial charge in [-0.05, 0) is 63.8 Å². The fourth-order valence-corrected chi connectivity index (χ4v) is 6.38. The molecule has 1 amide bonds. The lowest BCUT2D eigenvalue weighted by atomic mass is 9.92. The minimum Gasteiger partial charge on any atom is -0.444 e. The Labute approximate surface area is 213 Å². The number of pyridine rings is 1. The van der Waals surface area contributed by atoms with Gasteiger partial charge in [0.25, 0.3) is 0 Å². The van der Waals surface area contributed by atoms with Gasteiger partial charge in [0.1, 0.15) is 11.1 Å². The summed E-state index contributed by atoms with van der Waals surface area (Å²) >= 11 is 7.79. The summed E-state index contributed by atoms with van der Waals surface area (Å²) in [7, 11) is 0. The van der Waals surface area contributed by atoms with Gasteiger partial charge >= 0.3 is 6.09 Å². The number of likely N-dealkylation sites (tertiary alicyclic amines) is 1. The van der Waals surface area contributed by atoms with E-state index in [-0.39, 0.29) is 29.1 Å². The number of anilines is 1. The standard InChI is InChI=1S/C26H29ClFN3O3S/c1-26(2,3)34-25(33)30-10-7-17(13-30)31-9-4-5-15-11-16(27)12-19(23(15)31)18-6-8-29-22-21(28)20(14-32)35-24(18)22/h6,8,11-12,17,32H,4-5,7,9-10,13-14H2,1-3H3. The Morgan fingerprint density at radius 2 is 2.11 bits per heavy atom. The molecule has 2 aliphatic rings. The lowest BCUT2D eigenvalue weighted by Gasteiger charge is -2.38. The summed E-state index contributed by atoms with van der Waals surface area (Å²) in [5, 5.41) is 10.2. The highest BCUT2D eigenvalue weighted by Crippen LogP contribution is 2.45. The zero-order valence-corrected chi connectivity index (χ0v) is 21.7. The Morgan fingerprint density at radius 3 is 2.86 bits per heavy atom. The highest BCUT2D eigenvalue weighted by molar-refractivity contribution is 7.19. The van der Waals surface area contributed by atoms with Gasteiger partial charge in [-0.25, -0.2) is 9.18 Å². The van der Waals surface area contributed by atoms with Crippen molar-refractivity contribution in [2.45, 2.75) is 58.3 Å². The number of hydrogen-bond acceptors (Lipinski definition) is 6. The molecule has 1 N–H and O–H groups in total. The molecule has 3 aromatic rings. The first-order chi connectivity index (χ1) is 16.7. The molecule has 0 spiro atoms. The van der Waals surface area contributed by atoms with Crippen molar-refractivity contribution in [1.82, 2.24) is 9.88 Å². The van der Waals surface area contributed by atoms with E-state index in [1.54, 1.807) is 11.1 Å². The largest absolute Gasteiger partial charge is 0.444 e. The van der Waals surface area contributed by atoms with Crippen LogP contribution >= 0.6 is 22.9 Å². The third-order valence-electron chi connectivity index (χ3n) is 6.56. The molecule has 0 saturated carbocycles. The van der Waals surface area contributed by atoms with Gasteiger partial charge in [0.15, 0.2) is 5.82 Å². The number of thiophene rings is 1. The van der Waals surface area contributed by atoms with Gasteiger partial charge in [-0.2, -0.15) is 0 Å². The molecule has 2 aromatic heterocycles. The lowest BCUT2D eigenvalue weighted by molar-refractivity contribution is 0.0292. The molecular weight excluding hydrogens is 489 g/mol. The molecule has 2 aliphatic heterocycles. The number of aliphatic hydroxyl groups excluding tert-OH is 1. The van der Waals surface area contributed by atoms with Crippen LogP contribution in [0.3, 0.4) is 0 Å². The Morgan fingerprint density at radius 1 is 1.31 bits per heavy atom. The van der Waals surface area contributed by atoms with Gasteiger partial charge in [-0.3, -0.25) is 4.98 Å². The summed E-state index contributed by atoms with van der Waals surface area (Å²) in [6.07, 6.45) is 4.06. The minimum absolute atomic E-state index is 0.145. The molecule has 0 radical (unpaired) electrons. The van der Waals surface area contributed by atoms with Gasteiger partial charge < -0.3 is 19.6 Å². The number of halogens is 2. The topological polar surface area (TPSA) is 65.9 Å². The smallest absolute Gasteiger partial charge is 0.410 e. The molecule has 1 aromatic carbocycles. The molecule has 1 unspecified atom stereocenters. The zero-order valence-electron chi connectivity index (χ0n) is 20.1. The number of rotatable bonds is 3. The van der Waals surface area contributed by atoms with Crippen molar-refractivity contribution in [3.05, 3.63) is 45.7 Å². The number of carbonyl (C=O) groups is 1. The van der Waals surface area contributed by atoms with E-state index >= 15 is 0 Å². The number of aliphatic hydroxyl groups is 1. The number of hydrogen-bond donors (Lipinski definition) is 1. The van der Waals surface area contributed by atoms with Gasteiger partial charge in [-0.1, -0.05) is 11.6 Å². The van der Waals surface area contributed by atoms with Gasteiger partial charge in [-0.15, -0.1) is 11.3 Å². The maximum Gasteiger partial charge on any atom is 0.410 e. The molecular formula is C26H29ClFN3O3S. The number of ether oxygens (including phenoxy) is 1. The van der Waals surface area contributed by atoms with Gasteiger partial charge in [0.2, 0.25) is 0 Å². The van der Waals surface area contributed by atoms with E-state index in [1.165, 1.54) is 11.3 Å². The monoisotopic (exact) mass is 517 g/mol. The molecule has 0 aliphatic carbocycles. The van der Waals surface area contributed by atoms with Crippen LogP contribution in [0.4, 0.5) is 14.9 Å². The van der Waals surface area contributed by atoms with Crippen LogP contribution in [0.15, 0.2) is 24.4 Å². The molecule has 0 bridgehead atoms. The fraction of sp³-hybridized carbons (Fsp3) is 0.462. The number of aryl methyl sites for hydroxylation is 1. The molecule has 186 valence electrons. The highest BCUT2D eigenvalue weighted by atomic mass is 35.5. The van der Waals surface area contributed by atoms with Crippen LogP contribution in [0.2, 0.25) is 5.02 Å². The maximum absolute atomic E-state index is 14.8. The van der Waals surface area contributed by atoms with E-state index in [9.17, 15) is 14.3 Å². The van der Waals surface area contributed by atoms with Crippen molar-refractivity contribution in [2.75, 3.05) is 24.5 Å². The number of carbonyl (C=O) groups excluding carboxylic acids is 1. The quantitative estimate of drug-likeness (QED) is 0.461. The Bertz CT molecular complexity index is 1290. The Kier molecular flexibility index (Phi) is 6.40. The van der Waals surface area contributed by atoms with Gasteiger partial charge in [0, 0.05) is 53.7 Å². The van der Waals surface area contributed by atoms with Crippen LogP contribution in [0.1, 0.15) is 44.1 Å². The van der Waals surface area contributed by atoms with Crippen molar-refractivity contribution >= 4 is 44.9 Å². The average Bonchev–Trinajstić information content (AvgIpc) is 3.42. The summed E-state index contributed by atoms with van der Waals surface area (Å²) in [6, 6.07) is 5.98. The van der Waals surface area contributed by atoms with Crippen molar-refractivity contribution in [1.29, 1.82) is 0 Å². The number of amides is 1. The second-order valence-electron chi connectivity index (χ2n) is 10.2. The molecule has 4 heterocycles. The van der Waals surface area contributed by atoms with Crippen LogP contribution < -0.4 is 4.90 Å². The third kappa shape index (κ3) is 4.59. The minimum atomic E-state index is -0.535.